The molecule has 0 bridgehead atoms. The lowest BCUT2D eigenvalue weighted by Gasteiger charge is -2.03. The maximum Gasteiger partial charge on any atom is 0.345 e. The lowest BCUT2D eigenvalue weighted by molar-refractivity contribution is 0.0629. The highest BCUT2D eigenvalue weighted by Crippen LogP contribution is 2.30. The van der Waals surface area contributed by atoms with Crippen LogP contribution in [-0.4, -0.2) is 15.9 Å². The van der Waals surface area contributed by atoms with Crippen LogP contribution < -0.4 is 0 Å². The molecule has 0 atom stereocenters. The fourth-order valence-electron chi connectivity index (χ4n) is 2.46. The van der Waals surface area contributed by atoms with Gasteiger partial charge in [0.2, 0.25) is 0 Å². The average molecular weight is 301 g/mol. The molecule has 1 aromatic carbocycles. The molecule has 106 valence electrons. The van der Waals surface area contributed by atoms with E-state index in [2.05, 4.69) is 16.5 Å². The van der Waals surface area contributed by atoms with Gasteiger partial charge < -0.3 is 9.72 Å². The number of fused-ring (bicyclic) bond motifs is 3. The monoisotopic (exact) mass is 300 g/mol. The number of halogens is 1. The molecule has 0 unspecified atom stereocenters. The van der Waals surface area contributed by atoms with Crippen molar-refractivity contribution in [2.24, 2.45) is 0 Å². The molecule has 1 N–H and O–H groups in total. The number of carbonyl (C=O) groups excluding carboxylic acids is 1. The van der Waals surface area contributed by atoms with Crippen LogP contribution in [0.5, 0.6) is 0 Å². The largest absolute Gasteiger partial charge is 0.428 e. The quantitative estimate of drug-likeness (QED) is 0.434. The molecule has 0 spiro atoms. The van der Waals surface area contributed by atoms with Crippen LogP contribution in [0.4, 0.5) is 0 Å². The maximum atomic E-state index is 12.2. The van der Waals surface area contributed by atoms with Crippen molar-refractivity contribution in [2.75, 3.05) is 0 Å². The van der Waals surface area contributed by atoms with Crippen LogP contribution in [0.3, 0.4) is 0 Å². The van der Waals surface area contributed by atoms with Gasteiger partial charge in [-0.25, -0.2) is 9.78 Å². The van der Waals surface area contributed by atoms with Gasteiger partial charge in [-0.3, -0.25) is 0 Å². The second kappa shape index (κ2) is 4.90. The number of benzene rings is 1. The number of allylic oxidation sites excluding steroid dienone is 1. The highest BCUT2D eigenvalue weighted by Gasteiger charge is 2.19. The van der Waals surface area contributed by atoms with E-state index in [9.17, 15) is 4.79 Å². The van der Waals surface area contributed by atoms with E-state index in [0.717, 1.165) is 27.4 Å². The number of aryl methyl sites for hydroxylation is 1. The number of esters is 1. The number of pyridine rings is 1. The van der Waals surface area contributed by atoms with Crippen molar-refractivity contribution in [3.63, 3.8) is 0 Å². The fraction of sp³-hybridized carbons (Fsp3) is 0.125. The van der Waals surface area contributed by atoms with Crippen molar-refractivity contribution in [1.29, 1.82) is 0 Å². The summed E-state index contributed by atoms with van der Waals surface area (Å²) in [5.74, 6) is -0.0486. The van der Waals surface area contributed by atoms with Crippen molar-refractivity contribution in [1.82, 2.24) is 9.97 Å². The first-order valence-electron chi connectivity index (χ1n) is 6.41. The van der Waals surface area contributed by atoms with E-state index >= 15 is 0 Å². The minimum absolute atomic E-state index is 0.363. The van der Waals surface area contributed by atoms with Crippen LogP contribution in [0.15, 0.2) is 36.7 Å². The molecule has 3 aromatic rings. The smallest absolute Gasteiger partial charge is 0.345 e. The second-order valence-corrected chi connectivity index (χ2v) is 5.32. The van der Waals surface area contributed by atoms with E-state index < -0.39 is 5.97 Å². The second-order valence-electron chi connectivity index (χ2n) is 4.93. The summed E-state index contributed by atoms with van der Waals surface area (Å²) in [7, 11) is 0. The molecule has 4 nitrogen and oxygen atoms in total. The molecule has 0 saturated heterocycles. The van der Waals surface area contributed by atoms with Crippen molar-refractivity contribution in [3.8, 4) is 0 Å². The molecule has 5 heteroatoms. The van der Waals surface area contributed by atoms with Crippen molar-refractivity contribution in [3.05, 3.63) is 53.1 Å². The summed E-state index contributed by atoms with van der Waals surface area (Å²) in [6, 6.07) is 5.57. The van der Waals surface area contributed by atoms with Crippen LogP contribution >= 0.6 is 11.6 Å². The third-order valence-corrected chi connectivity index (χ3v) is 3.50. The summed E-state index contributed by atoms with van der Waals surface area (Å²) >= 11 is 5.97. The van der Waals surface area contributed by atoms with Gasteiger partial charge in [0, 0.05) is 28.0 Å². The fourth-order valence-corrected chi connectivity index (χ4v) is 2.62. The SMILES string of the molecule is C=C(C)OC(=O)c1c(C)[nH]c2c1ccc1cnc(Cl)cc12. The summed E-state index contributed by atoms with van der Waals surface area (Å²) in [4.78, 5) is 19.5. The molecule has 3 rings (SSSR count). The predicted octanol–water partition coefficient (Wildman–Crippen LogP) is 4.37. The number of H-pyrrole nitrogens is 1. The van der Waals surface area contributed by atoms with Gasteiger partial charge in [0.1, 0.15) is 5.15 Å². The summed E-state index contributed by atoms with van der Waals surface area (Å²) in [6.07, 6.45) is 1.71. The molecule has 0 aliphatic carbocycles. The van der Waals surface area contributed by atoms with Crippen molar-refractivity contribution < 1.29 is 9.53 Å². The number of nitrogens with one attached hydrogen (secondary N) is 1. The Kier molecular flexibility index (Phi) is 3.18. The first kappa shape index (κ1) is 13.6. The van der Waals surface area contributed by atoms with Crippen molar-refractivity contribution in [2.45, 2.75) is 13.8 Å². The number of rotatable bonds is 2. The Balaban J connectivity index is 2.30. The number of nitrogens with zero attached hydrogens (tertiary/aromatic N) is 1. The lowest BCUT2D eigenvalue weighted by atomic mass is 10.1. The van der Waals surface area contributed by atoms with Crippen LogP contribution in [-0.2, 0) is 4.74 Å². The van der Waals surface area contributed by atoms with Gasteiger partial charge in [-0.15, -0.1) is 0 Å². The van der Waals surface area contributed by atoms with Gasteiger partial charge in [0.05, 0.1) is 16.8 Å². The van der Waals surface area contributed by atoms with E-state index in [0.29, 0.717) is 16.5 Å². The third-order valence-electron chi connectivity index (χ3n) is 3.30. The third kappa shape index (κ3) is 2.28. The normalized spacial score (nSPS) is 11.0. The Hall–Kier alpha value is -2.33. The number of hydrogen-bond donors (Lipinski definition) is 1. The summed E-state index contributed by atoms with van der Waals surface area (Å²) < 4.78 is 5.13. The number of aromatic nitrogens is 2. The first-order chi connectivity index (χ1) is 9.97. The Labute approximate surface area is 126 Å². The van der Waals surface area contributed by atoms with E-state index in [1.54, 1.807) is 19.2 Å². The van der Waals surface area contributed by atoms with Gasteiger partial charge >= 0.3 is 5.97 Å². The number of carbonyl (C=O) groups is 1. The van der Waals surface area contributed by atoms with Crippen LogP contribution in [0.1, 0.15) is 23.0 Å². The van der Waals surface area contributed by atoms with Crippen molar-refractivity contribution >= 4 is 39.2 Å². The highest BCUT2D eigenvalue weighted by molar-refractivity contribution is 6.30. The first-order valence-corrected chi connectivity index (χ1v) is 6.79. The Morgan fingerprint density at radius 1 is 1.38 bits per heavy atom. The average Bonchev–Trinajstić information content (AvgIpc) is 2.74. The lowest BCUT2D eigenvalue weighted by Crippen LogP contribution is -2.04. The molecule has 0 aliphatic heterocycles. The topological polar surface area (TPSA) is 55.0 Å². The molecular weight excluding hydrogens is 288 g/mol. The summed E-state index contributed by atoms with van der Waals surface area (Å²) in [5.41, 5.74) is 2.11. The van der Waals surface area contributed by atoms with Crippen LogP contribution in [0.25, 0.3) is 21.7 Å². The Morgan fingerprint density at radius 3 is 2.86 bits per heavy atom. The van der Waals surface area contributed by atoms with E-state index in [1.807, 2.05) is 19.1 Å². The molecule has 0 fully saturated rings. The van der Waals surface area contributed by atoms with E-state index in [1.165, 1.54) is 0 Å². The number of hydrogen-bond acceptors (Lipinski definition) is 3. The number of aromatic amines is 1. The molecule has 2 aromatic heterocycles. The Morgan fingerprint density at radius 2 is 2.14 bits per heavy atom. The summed E-state index contributed by atoms with van der Waals surface area (Å²) in [6.45, 7) is 7.08. The van der Waals surface area contributed by atoms with Gasteiger partial charge in [-0.1, -0.05) is 30.3 Å². The van der Waals surface area contributed by atoms with Gasteiger partial charge in [0.25, 0.3) is 0 Å². The van der Waals surface area contributed by atoms with E-state index in [4.69, 9.17) is 16.3 Å². The number of ether oxygens (including phenoxy) is 1. The van der Waals surface area contributed by atoms with Crippen LogP contribution in [0, 0.1) is 6.92 Å². The van der Waals surface area contributed by atoms with Gasteiger partial charge in [-0.2, -0.15) is 0 Å². The maximum absolute atomic E-state index is 12.2. The minimum Gasteiger partial charge on any atom is -0.428 e. The zero-order valence-electron chi connectivity index (χ0n) is 11.7. The molecule has 0 aliphatic rings. The van der Waals surface area contributed by atoms with Gasteiger partial charge in [0.15, 0.2) is 0 Å². The molecule has 0 radical (unpaired) electrons. The Bertz CT molecular complexity index is 896. The predicted molar refractivity (Wildman–Crippen MR) is 83.6 cm³/mol. The zero-order valence-corrected chi connectivity index (χ0v) is 12.4. The minimum atomic E-state index is -0.411. The molecule has 0 amide bonds. The molecular formula is C16H13ClN2O2. The highest BCUT2D eigenvalue weighted by atomic mass is 35.5. The summed E-state index contributed by atoms with van der Waals surface area (Å²) in [5, 5.41) is 3.08. The van der Waals surface area contributed by atoms with Gasteiger partial charge in [-0.05, 0) is 19.9 Å². The zero-order chi connectivity index (χ0) is 15.1. The van der Waals surface area contributed by atoms with E-state index in [-0.39, 0.29) is 0 Å². The molecule has 21 heavy (non-hydrogen) atoms. The van der Waals surface area contributed by atoms with Crippen LogP contribution in [0.2, 0.25) is 5.15 Å². The molecule has 2 heterocycles. The standard InChI is InChI=1S/C16H13ClN2O2/c1-8(2)21-16(20)14-9(3)19-15-11(14)5-4-10-7-18-13(17)6-12(10)15/h4-7,19H,1H2,2-3H3. The molecule has 0 saturated carbocycles.